The molecule has 1 saturated carbocycles. The largest absolute Gasteiger partial charge is 0.359 e. The average molecular weight is 501 g/mol. The predicted molar refractivity (Wildman–Crippen MR) is 145 cm³/mol. The van der Waals surface area contributed by atoms with E-state index in [-0.39, 0.29) is 18.0 Å². The summed E-state index contributed by atoms with van der Waals surface area (Å²) >= 11 is 0. The monoisotopic (exact) mass is 500 g/mol. The van der Waals surface area contributed by atoms with Crippen LogP contribution in [-0.4, -0.2) is 52.7 Å². The molecule has 3 heterocycles. The molecular formula is C29H36N6O2. The molecule has 5 rings (SSSR count). The second kappa shape index (κ2) is 12.4. The molecule has 1 aromatic carbocycles. The van der Waals surface area contributed by atoms with Gasteiger partial charge in [0.2, 0.25) is 5.91 Å². The lowest BCUT2D eigenvalue weighted by atomic mass is 9.95. The second-order valence-electron chi connectivity index (χ2n) is 10.0. The first-order valence-corrected chi connectivity index (χ1v) is 13.1. The zero-order valence-corrected chi connectivity index (χ0v) is 21.7. The molecule has 2 N–H and O–H groups in total. The fourth-order valence-corrected chi connectivity index (χ4v) is 5.30. The summed E-state index contributed by atoms with van der Waals surface area (Å²) in [6.07, 6.45) is 14.0. The molecule has 2 aliphatic rings. The van der Waals surface area contributed by atoms with E-state index in [1.807, 2.05) is 30.3 Å². The van der Waals surface area contributed by atoms with E-state index in [1.54, 1.807) is 12.4 Å². The minimum atomic E-state index is -0.413. The highest BCUT2D eigenvalue weighted by atomic mass is 16.2. The zero-order chi connectivity index (χ0) is 26.2. The lowest BCUT2D eigenvalue weighted by molar-refractivity contribution is -0.123. The van der Waals surface area contributed by atoms with E-state index in [2.05, 4.69) is 46.5 Å². The highest BCUT2D eigenvalue weighted by molar-refractivity contribution is 5.89. The number of likely N-dealkylation sites (N-methyl/N-ethyl adjacent to an activating group) is 1. The van der Waals surface area contributed by atoms with Crippen LogP contribution in [0.3, 0.4) is 0 Å². The number of carbonyl (C=O) groups excluding carboxylic acids is 2. The minimum Gasteiger partial charge on any atom is -0.359 e. The van der Waals surface area contributed by atoms with Gasteiger partial charge in [0.1, 0.15) is 12.3 Å². The molecule has 194 valence electrons. The Morgan fingerprint density at radius 3 is 2.70 bits per heavy atom. The van der Waals surface area contributed by atoms with Gasteiger partial charge in [-0.3, -0.25) is 9.78 Å². The van der Waals surface area contributed by atoms with E-state index in [9.17, 15) is 9.59 Å². The number of anilines is 1. The number of benzene rings is 1. The van der Waals surface area contributed by atoms with Crippen molar-refractivity contribution in [1.82, 2.24) is 20.2 Å². The van der Waals surface area contributed by atoms with Crippen LogP contribution in [0.5, 0.6) is 0 Å². The van der Waals surface area contributed by atoms with Crippen LogP contribution in [0.15, 0.2) is 48.8 Å². The lowest BCUT2D eigenvalue weighted by Gasteiger charge is -2.32. The van der Waals surface area contributed by atoms with Crippen molar-refractivity contribution in [2.75, 3.05) is 18.5 Å². The van der Waals surface area contributed by atoms with E-state index in [0.29, 0.717) is 0 Å². The molecule has 0 bridgehead atoms. The molecule has 3 aromatic rings. The maximum Gasteiger partial charge on any atom is 0.247 e. The van der Waals surface area contributed by atoms with Gasteiger partial charge >= 0.3 is 0 Å². The Hall–Kier alpha value is -3.86. The number of aromatic nitrogens is 2. The quantitative estimate of drug-likeness (QED) is 0.378. The van der Waals surface area contributed by atoms with Gasteiger partial charge in [0.25, 0.3) is 0 Å². The first kappa shape index (κ1) is 26.2. The molecule has 8 heteroatoms. The SMILES string of the molecule is Cc1cc2ccc(N(C)C(C(=O)NC3CCCCC3)c3cccnc3)cc2[nH]1.N#CN1CCCC1C=O. The number of aromatic amines is 1. The number of carbonyl (C=O) groups is 2. The number of fused-ring (bicyclic) bond motifs is 1. The predicted octanol–water partition coefficient (Wildman–Crippen LogP) is 4.63. The number of rotatable bonds is 6. The van der Waals surface area contributed by atoms with Crippen LogP contribution in [0.1, 0.15) is 62.2 Å². The van der Waals surface area contributed by atoms with Crippen molar-refractivity contribution in [1.29, 1.82) is 5.26 Å². The molecule has 1 amide bonds. The molecule has 8 nitrogen and oxygen atoms in total. The van der Waals surface area contributed by atoms with Crippen molar-refractivity contribution in [2.24, 2.45) is 0 Å². The smallest absolute Gasteiger partial charge is 0.247 e. The van der Waals surface area contributed by atoms with Gasteiger partial charge in [-0.15, -0.1) is 0 Å². The fourth-order valence-electron chi connectivity index (χ4n) is 5.30. The zero-order valence-electron chi connectivity index (χ0n) is 21.7. The third kappa shape index (κ3) is 6.48. The molecule has 1 aliphatic heterocycles. The molecule has 0 radical (unpaired) electrons. The molecule has 2 unspecified atom stereocenters. The summed E-state index contributed by atoms with van der Waals surface area (Å²) in [4.78, 5) is 34.7. The number of aryl methyl sites for hydroxylation is 1. The fraction of sp³-hybridized carbons (Fsp3) is 0.448. The second-order valence-corrected chi connectivity index (χ2v) is 10.0. The number of H-pyrrole nitrogens is 1. The molecule has 1 saturated heterocycles. The van der Waals surface area contributed by atoms with Crippen molar-refractivity contribution >= 4 is 28.8 Å². The number of likely N-dealkylation sites (tertiary alicyclic amines) is 1. The molecular weight excluding hydrogens is 464 g/mol. The van der Waals surface area contributed by atoms with Crippen molar-refractivity contribution in [3.8, 4) is 6.19 Å². The first-order valence-electron chi connectivity index (χ1n) is 13.1. The Kier molecular flexibility index (Phi) is 8.78. The number of amides is 1. The topological polar surface area (TPSA) is 105 Å². The summed E-state index contributed by atoms with van der Waals surface area (Å²) in [5.74, 6) is 0.0464. The maximum atomic E-state index is 13.3. The molecule has 37 heavy (non-hydrogen) atoms. The van der Waals surface area contributed by atoms with E-state index in [0.717, 1.165) is 61.0 Å². The maximum absolute atomic E-state index is 13.3. The summed E-state index contributed by atoms with van der Waals surface area (Å²) in [7, 11) is 1.98. The normalized spacial score (nSPS) is 18.4. The van der Waals surface area contributed by atoms with Gasteiger partial charge in [-0.1, -0.05) is 31.4 Å². The van der Waals surface area contributed by atoms with Crippen LogP contribution in [0.4, 0.5) is 5.69 Å². The summed E-state index contributed by atoms with van der Waals surface area (Å²) in [6, 6.07) is 12.0. The van der Waals surface area contributed by atoms with Crippen LogP contribution in [0.2, 0.25) is 0 Å². The summed E-state index contributed by atoms with van der Waals surface area (Å²) in [6.45, 7) is 2.80. The van der Waals surface area contributed by atoms with Crippen molar-refractivity contribution in [3.05, 3.63) is 60.0 Å². The van der Waals surface area contributed by atoms with Gasteiger partial charge in [0.05, 0.1) is 6.04 Å². The van der Waals surface area contributed by atoms with Crippen LogP contribution in [0.25, 0.3) is 10.9 Å². The van der Waals surface area contributed by atoms with Gasteiger partial charge in [-0.05, 0) is 62.3 Å². The minimum absolute atomic E-state index is 0.0464. The van der Waals surface area contributed by atoms with Crippen molar-refractivity contribution < 1.29 is 9.59 Å². The van der Waals surface area contributed by atoms with Crippen LogP contribution >= 0.6 is 0 Å². The molecule has 0 spiro atoms. The summed E-state index contributed by atoms with van der Waals surface area (Å²) < 4.78 is 0. The Balaban J connectivity index is 0.000000301. The van der Waals surface area contributed by atoms with Gasteiger partial charge in [0, 0.05) is 54.5 Å². The van der Waals surface area contributed by atoms with Gasteiger partial charge < -0.3 is 24.9 Å². The Bertz CT molecular complexity index is 1230. The third-order valence-corrected chi connectivity index (χ3v) is 7.32. The third-order valence-electron chi connectivity index (χ3n) is 7.32. The standard InChI is InChI=1S/C23H28N4O.C6H8N2O/c1-16-13-17-10-11-20(14-21(17)25-16)27(2)22(18-7-6-12-24-15-18)23(28)26-19-8-4-3-5-9-19;7-5-8-3-1-2-6(8)4-9/h6-7,10-15,19,22,25H,3-5,8-9H2,1-2H3,(H,26,28);4,6H,1-3H2. The molecule has 2 fully saturated rings. The van der Waals surface area contributed by atoms with E-state index in [4.69, 9.17) is 5.26 Å². The van der Waals surface area contributed by atoms with Crippen LogP contribution in [0, 0.1) is 18.4 Å². The lowest BCUT2D eigenvalue weighted by Crippen LogP contribution is -2.44. The molecule has 2 atom stereocenters. The van der Waals surface area contributed by atoms with Crippen LogP contribution in [-0.2, 0) is 9.59 Å². The average Bonchev–Trinajstić information content (AvgIpc) is 3.54. The van der Waals surface area contributed by atoms with Crippen molar-refractivity contribution in [3.63, 3.8) is 0 Å². The number of hydrogen-bond acceptors (Lipinski definition) is 6. The molecule has 1 aliphatic carbocycles. The first-order chi connectivity index (χ1) is 18.0. The van der Waals surface area contributed by atoms with Gasteiger partial charge in [-0.2, -0.15) is 5.26 Å². The number of aldehydes is 1. The van der Waals surface area contributed by atoms with Crippen molar-refractivity contribution in [2.45, 2.75) is 70.0 Å². The number of nitriles is 1. The van der Waals surface area contributed by atoms with Gasteiger partial charge in [0.15, 0.2) is 6.19 Å². The summed E-state index contributed by atoms with van der Waals surface area (Å²) in [5.41, 5.74) is 4.12. The number of nitrogens with zero attached hydrogens (tertiary/aromatic N) is 4. The highest BCUT2D eigenvalue weighted by Gasteiger charge is 2.28. The van der Waals surface area contributed by atoms with Gasteiger partial charge in [-0.25, -0.2) is 0 Å². The molecule has 2 aromatic heterocycles. The number of nitrogens with one attached hydrogen (secondary N) is 2. The Morgan fingerprint density at radius 2 is 2.03 bits per heavy atom. The Labute approximate surface area is 218 Å². The van der Waals surface area contributed by atoms with E-state index in [1.165, 1.54) is 29.5 Å². The highest BCUT2D eigenvalue weighted by Crippen LogP contribution is 2.29. The van der Waals surface area contributed by atoms with E-state index >= 15 is 0 Å². The number of hydrogen-bond donors (Lipinski definition) is 2. The number of pyridine rings is 1. The van der Waals surface area contributed by atoms with E-state index < -0.39 is 6.04 Å². The summed E-state index contributed by atoms with van der Waals surface area (Å²) in [5, 5.41) is 12.9. The van der Waals surface area contributed by atoms with Crippen LogP contribution < -0.4 is 10.2 Å². The Morgan fingerprint density at radius 1 is 1.22 bits per heavy atom.